The van der Waals surface area contributed by atoms with E-state index in [0.717, 1.165) is 18.3 Å². The fourth-order valence-electron chi connectivity index (χ4n) is 2.84. The minimum atomic E-state index is 0.367. The summed E-state index contributed by atoms with van der Waals surface area (Å²) in [5, 5.41) is 8.75. The quantitative estimate of drug-likeness (QED) is 0.428. The fourth-order valence-corrected chi connectivity index (χ4v) is 2.84. The van der Waals surface area contributed by atoms with Crippen LogP contribution in [-0.4, -0.2) is 11.7 Å². The van der Waals surface area contributed by atoms with Crippen LogP contribution >= 0.6 is 0 Å². The zero-order chi connectivity index (χ0) is 13.6. The van der Waals surface area contributed by atoms with E-state index in [9.17, 15) is 0 Å². The van der Waals surface area contributed by atoms with Crippen LogP contribution < -0.4 is 0 Å². The van der Waals surface area contributed by atoms with Crippen LogP contribution in [0.15, 0.2) is 0 Å². The molecule has 0 aromatic rings. The molecule has 0 aliphatic heterocycles. The van der Waals surface area contributed by atoms with Gasteiger partial charge in [-0.1, -0.05) is 78.6 Å². The van der Waals surface area contributed by atoms with Gasteiger partial charge in [-0.15, -0.1) is 0 Å². The molecule has 1 N–H and O–H groups in total. The number of unbranched alkanes of at least 4 members (excludes halogenated alkanes) is 4. The van der Waals surface area contributed by atoms with Gasteiger partial charge in [-0.3, -0.25) is 0 Å². The number of aliphatic hydroxyl groups is 1. The molecule has 0 aliphatic rings. The Balaban J connectivity index is 3.71. The molecule has 2 unspecified atom stereocenters. The zero-order valence-corrected chi connectivity index (χ0v) is 13.1. The molecule has 18 heavy (non-hydrogen) atoms. The van der Waals surface area contributed by atoms with Gasteiger partial charge in [0.2, 0.25) is 0 Å². The Labute approximate surface area is 115 Å². The van der Waals surface area contributed by atoms with Crippen molar-refractivity contribution in [2.45, 2.75) is 91.4 Å². The van der Waals surface area contributed by atoms with Crippen molar-refractivity contribution in [2.24, 2.45) is 11.8 Å². The lowest BCUT2D eigenvalue weighted by Gasteiger charge is -2.21. The van der Waals surface area contributed by atoms with Gasteiger partial charge in [0.1, 0.15) is 0 Å². The number of rotatable bonds is 13. The highest BCUT2D eigenvalue weighted by atomic mass is 16.2. The Morgan fingerprint density at radius 3 is 1.78 bits per heavy atom. The van der Waals surface area contributed by atoms with Gasteiger partial charge in [-0.2, -0.15) is 0 Å². The van der Waals surface area contributed by atoms with Crippen LogP contribution in [-0.2, 0) is 0 Å². The third kappa shape index (κ3) is 9.94. The molecule has 2 atom stereocenters. The number of hydrogen-bond acceptors (Lipinski definition) is 1. The Bertz CT molecular complexity index is 156. The summed E-state index contributed by atoms with van der Waals surface area (Å²) >= 11 is 0. The van der Waals surface area contributed by atoms with E-state index in [1.54, 1.807) is 0 Å². The second-order valence-electron chi connectivity index (χ2n) is 5.85. The smallest absolute Gasteiger partial charge is 0.0431 e. The van der Waals surface area contributed by atoms with Crippen LogP contribution in [0.4, 0.5) is 0 Å². The Morgan fingerprint density at radius 1 is 0.722 bits per heavy atom. The van der Waals surface area contributed by atoms with Crippen molar-refractivity contribution in [3.05, 3.63) is 0 Å². The van der Waals surface area contributed by atoms with Gasteiger partial charge in [0.25, 0.3) is 0 Å². The first-order valence-corrected chi connectivity index (χ1v) is 8.39. The molecule has 1 nitrogen and oxygen atoms in total. The van der Waals surface area contributed by atoms with Crippen molar-refractivity contribution in [3.8, 4) is 0 Å². The molecule has 0 spiro atoms. The van der Waals surface area contributed by atoms with Crippen LogP contribution in [0.1, 0.15) is 91.4 Å². The van der Waals surface area contributed by atoms with Crippen molar-refractivity contribution < 1.29 is 5.11 Å². The third-order valence-corrected chi connectivity index (χ3v) is 4.31. The highest BCUT2D eigenvalue weighted by molar-refractivity contribution is 4.65. The van der Waals surface area contributed by atoms with Crippen molar-refractivity contribution in [2.75, 3.05) is 6.61 Å². The first kappa shape index (κ1) is 18.0. The molecule has 0 bridgehead atoms. The molecule has 110 valence electrons. The molecule has 0 heterocycles. The molecule has 0 aromatic carbocycles. The average Bonchev–Trinajstić information content (AvgIpc) is 2.41. The molecule has 0 radical (unpaired) electrons. The predicted molar refractivity (Wildman–Crippen MR) is 81.9 cm³/mol. The van der Waals surface area contributed by atoms with Gasteiger partial charge < -0.3 is 5.11 Å². The van der Waals surface area contributed by atoms with Crippen molar-refractivity contribution in [1.82, 2.24) is 0 Å². The molecule has 0 saturated heterocycles. The highest BCUT2D eigenvalue weighted by Gasteiger charge is 2.13. The predicted octanol–water partition coefficient (Wildman–Crippen LogP) is 5.56. The Kier molecular flexibility index (Phi) is 13.4. The standard InChI is InChI=1S/C17H36O/c1-4-7-12-16(5-2)15-17(6-3)13-10-8-9-11-14-18/h16-18H,4-15H2,1-3H3. The van der Waals surface area contributed by atoms with Crippen LogP contribution in [0.3, 0.4) is 0 Å². The second kappa shape index (κ2) is 13.4. The van der Waals surface area contributed by atoms with Crippen LogP contribution in [0.5, 0.6) is 0 Å². The zero-order valence-electron chi connectivity index (χ0n) is 13.1. The summed E-state index contributed by atoms with van der Waals surface area (Å²) in [6, 6.07) is 0. The van der Waals surface area contributed by atoms with E-state index >= 15 is 0 Å². The van der Waals surface area contributed by atoms with E-state index in [1.807, 2.05) is 0 Å². The van der Waals surface area contributed by atoms with Crippen molar-refractivity contribution in [3.63, 3.8) is 0 Å². The second-order valence-corrected chi connectivity index (χ2v) is 5.85. The molecule has 1 heteroatoms. The minimum absolute atomic E-state index is 0.367. The van der Waals surface area contributed by atoms with Gasteiger partial charge in [-0.05, 0) is 24.7 Å². The van der Waals surface area contributed by atoms with Gasteiger partial charge >= 0.3 is 0 Å². The summed E-state index contributed by atoms with van der Waals surface area (Å²) in [6.45, 7) is 7.37. The Hall–Kier alpha value is -0.0400. The van der Waals surface area contributed by atoms with Crippen molar-refractivity contribution in [1.29, 1.82) is 0 Å². The van der Waals surface area contributed by atoms with E-state index in [-0.39, 0.29) is 0 Å². The topological polar surface area (TPSA) is 20.2 Å². The summed E-state index contributed by atoms with van der Waals surface area (Å²) in [7, 11) is 0. The third-order valence-electron chi connectivity index (χ3n) is 4.31. The summed E-state index contributed by atoms with van der Waals surface area (Å²) in [5.74, 6) is 1.91. The van der Waals surface area contributed by atoms with Gasteiger partial charge in [-0.25, -0.2) is 0 Å². The normalized spacial score (nSPS) is 14.7. The largest absolute Gasteiger partial charge is 0.396 e. The lowest BCUT2D eigenvalue weighted by Crippen LogP contribution is -2.08. The summed E-state index contributed by atoms with van der Waals surface area (Å²) in [4.78, 5) is 0. The maximum atomic E-state index is 8.75. The van der Waals surface area contributed by atoms with E-state index < -0.39 is 0 Å². The van der Waals surface area contributed by atoms with Crippen LogP contribution in [0.25, 0.3) is 0 Å². The molecular formula is C17H36O. The van der Waals surface area contributed by atoms with E-state index in [0.29, 0.717) is 6.61 Å². The highest BCUT2D eigenvalue weighted by Crippen LogP contribution is 2.27. The number of aliphatic hydroxyl groups excluding tert-OH is 1. The lowest BCUT2D eigenvalue weighted by atomic mass is 9.85. The maximum Gasteiger partial charge on any atom is 0.0431 e. The minimum Gasteiger partial charge on any atom is -0.396 e. The van der Waals surface area contributed by atoms with Gasteiger partial charge in [0.05, 0.1) is 0 Å². The molecular weight excluding hydrogens is 220 g/mol. The van der Waals surface area contributed by atoms with E-state index in [4.69, 9.17) is 5.11 Å². The van der Waals surface area contributed by atoms with Crippen LogP contribution in [0, 0.1) is 11.8 Å². The van der Waals surface area contributed by atoms with Crippen molar-refractivity contribution >= 4 is 0 Å². The van der Waals surface area contributed by atoms with Gasteiger partial charge in [0.15, 0.2) is 0 Å². The molecule has 0 saturated carbocycles. The molecule has 0 amide bonds. The lowest BCUT2D eigenvalue weighted by molar-refractivity contribution is 0.278. The molecule has 0 fully saturated rings. The maximum absolute atomic E-state index is 8.75. The Morgan fingerprint density at radius 2 is 1.28 bits per heavy atom. The van der Waals surface area contributed by atoms with E-state index in [1.165, 1.54) is 64.2 Å². The summed E-state index contributed by atoms with van der Waals surface area (Å²) in [5.41, 5.74) is 0. The number of hydrogen-bond donors (Lipinski definition) is 1. The van der Waals surface area contributed by atoms with E-state index in [2.05, 4.69) is 20.8 Å². The monoisotopic (exact) mass is 256 g/mol. The fraction of sp³-hybridized carbons (Fsp3) is 1.00. The van der Waals surface area contributed by atoms with Crippen LogP contribution in [0.2, 0.25) is 0 Å². The molecule has 0 aliphatic carbocycles. The molecule has 0 aromatic heterocycles. The average molecular weight is 256 g/mol. The first-order valence-electron chi connectivity index (χ1n) is 8.39. The summed E-state index contributed by atoms with van der Waals surface area (Å²) < 4.78 is 0. The summed E-state index contributed by atoms with van der Waals surface area (Å²) in [6.07, 6.45) is 14.6. The SMILES string of the molecule is CCCCC(CC)CC(CC)CCCCCCO. The first-order chi connectivity index (χ1) is 8.78. The van der Waals surface area contributed by atoms with Gasteiger partial charge in [0, 0.05) is 6.61 Å². The molecule has 0 rings (SSSR count).